The van der Waals surface area contributed by atoms with Gasteiger partial charge in [0.2, 0.25) is 5.91 Å². The number of anilines is 1. The molecule has 6 nitrogen and oxygen atoms in total. The number of amides is 1. The monoisotopic (exact) mass is 445 g/mol. The first-order valence-electron chi connectivity index (χ1n) is 12.0. The maximum absolute atomic E-state index is 13.6. The van der Waals surface area contributed by atoms with E-state index in [1.54, 1.807) is 14.2 Å². The van der Waals surface area contributed by atoms with Gasteiger partial charge in [-0.15, -0.1) is 0 Å². The molecule has 4 fully saturated rings. The van der Waals surface area contributed by atoms with Gasteiger partial charge in [0.05, 0.1) is 30.7 Å². The summed E-state index contributed by atoms with van der Waals surface area (Å²) in [5, 5.41) is 3.33. The van der Waals surface area contributed by atoms with Crippen molar-refractivity contribution in [1.29, 1.82) is 0 Å². The van der Waals surface area contributed by atoms with Gasteiger partial charge in [0, 0.05) is 23.4 Å². The Labute approximate surface area is 194 Å². The number of carbonyl (C=O) groups excluding carboxylic acids is 1. The van der Waals surface area contributed by atoms with E-state index in [2.05, 4.69) is 16.4 Å². The molecule has 4 aliphatic rings. The maximum Gasteiger partial charge on any atom is 0.230 e. The molecular formula is C27H31N3O3. The second kappa shape index (κ2) is 7.51. The van der Waals surface area contributed by atoms with E-state index in [1.807, 2.05) is 31.2 Å². The van der Waals surface area contributed by atoms with Crippen LogP contribution < -0.4 is 14.8 Å². The number of hydrogen-bond acceptors (Lipinski definition) is 4. The summed E-state index contributed by atoms with van der Waals surface area (Å²) in [6.45, 7) is 2.05. The Kier molecular flexibility index (Phi) is 4.68. The third kappa shape index (κ3) is 3.38. The summed E-state index contributed by atoms with van der Waals surface area (Å²) in [7, 11) is 3.25. The highest BCUT2D eigenvalue weighted by Crippen LogP contribution is 2.60. The van der Waals surface area contributed by atoms with Crippen LogP contribution in [0.2, 0.25) is 0 Å². The van der Waals surface area contributed by atoms with Crippen LogP contribution in [0, 0.1) is 30.1 Å². The Hall–Kier alpha value is -3.02. The zero-order chi connectivity index (χ0) is 22.7. The number of fused-ring (bicyclic) bond motifs is 1. The van der Waals surface area contributed by atoms with Gasteiger partial charge < -0.3 is 19.8 Å². The normalized spacial score (nSPS) is 27.7. The van der Waals surface area contributed by atoms with Gasteiger partial charge in [-0.25, -0.2) is 4.98 Å². The lowest BCUT2D eigenvalue weighted by Gasteiger charge is -2.55. The average molecular weight is 446 g/mol. The maximum atomic E-state index is 13.6. The Bertz CT molecular complexity index is 1170. The molecular weight excluding hydrogens is 414 g/mol. The molecule has 7 rings (SSSR count). The molecule has 0 saturated heterocycles. The number of aryl methyl sites for hydroxylation is 1. The topological polar surface area (TPSA) is 76.2 Å². The van der Waals surface area contributed by atoms with Crippen LogP contribution in [0.1, 0.15) is 44.1 Å². The van der Waals surface area contributed by atoms with E-state index in [9.17, 15) is 4.79 Å². The van der Waals surface area contributed by atoms with Crippen molar-refractivity contribution in [1.82, 2.24) is 9.97 Å². The lowest BCUT2D eigenvalue weighted by atomic mass is 9.49. The van der Waals surface area contributed by atoms with Gasteiger partial charge in [-0.3, -0.25) is 4.79 Å². The van der Waals surface area contributed by atoms with Crippen molar-refractivity contribution in [3.05, 3.63) is 35.9 Å². The Morgan fingerprint density at radius 1 is 1.00 bits per heavy atom. The minimum Gasteiger partial charge on any atom is -0.493 e. The first-order chi connectivity index (χ1) is 16.0. The second-order valence-corrected chi connectivity index (χ2v) is 10.5. The van der Waals surface area contributed by atoms with E-state index in [4.69, 9.17) is 14.5 Å². The van der Waals surface area contributed by atoms with E-state index >= 15 is 0 Å². The summed E-state index contributed by atoms with van der Waals surface area (Å²) in [5.74, 6) is 4.53. The van der Waals surface area contributed by atoms with Gasteiger partial charge in [0.1, 0.15) is 5.82 Å². The molecule has 3 aromatic rings. The third-order valence-electron chi connectivity index (χ3n) is 8.27. The van der Waals surface area contributed by atoms with Gasteiger partial charge >= 0.3 is 0 Å². The molecule has 0 unspecified atom stereocenters. The fourth-order valence-corrected chi connectivity index (χ4v) is 7.02. The number of carbonyl (C=O) groups is 1. The first kappa shape index (κ1) is 20.6. The van der Waals surface area contributed by atoms with Crippen LogP contribution in [0.15, 0.2) is 30.3 Å². The predicted molar refractivity (Wildman–Crippen MR) is 129 cm³/mol. The smallest absolute Gasteiger partial charge is 0.230 e. The summed E-state index contributed by atoms with van der Waals surface area (Å²) in [6.07, 6.45) is 7.21. The molecule has 4 bridgehead atoms. The summed E-state index contributed by atoms with van der Waals surface area (Å²) in [4.78, 5) is 21.7. The summed E-state index contributed by atoms with van der Waals surface area (Å²) < 4.78 is 10.8. The third-order valence-corrected chi connectivity index (χ3v) is 8.27. The van der Waals surface area contributed by atoms with Crippen LogP contribution in [0.5, 0.6) is 11.5 Å². The van der Waals surface area contributed by atoms with Crippen LogP contribution in [-0.2, 0) is 4.79 Å². The molecule has 1 amide bonds. The fraction of sp³-hybridized carbons (Fsp3) is 0.481. The second-order valence-electron chi connectivity index (χ2n) is 10.5. The van der Waals surface area contributed by atoms with Crippen LogP contribution in [0.25, 0.3) is 22.4 Å². The quantitative estimate of drug-likeness (QED) is 0.527. The standard InChI is InChI=1S/C27H31N3O3/c1-15-4-5-19(25-28-21-10-23(32-2)24(33-3)11-22(21)29-25)9-20(15)30-26(31)27-12-16-6-17(13-27)8-18(7-16)14-27/h4-5,9-11,16-18H,6-8,12-14H2,1-3H3,(H,28,29)(H,30,31). The number of nitrogens with zero attached hydrogens (tertiary/aromatic N) is 1. The van der Waals surface area contributed by atoms with Crippen LogP contribution in [-0.4, -0.2) is 30.1 Å². The molecule has 172 valence electrons. The molecule has 1 heterocycles. The lowest BCUT2D eigenvalue weighted by molar-refractivity contribution is -0.140. The van der Waals surface area contributed by atoms with Gasteiger partial charge in [0.15, 0.2) is 11.5 Å². The molecule has 0 atom stereocenters. The Morgan fingerprint density at radius 3 is 2.27 bits per heavy atom. The summed E-state index contributed by atoms with van der Waals surface area (Å²) >= 11 is 0. The number of H-pyrrole nitrogens is 1. The number of nitrogens with one attached hydrogen (secondary N) is 2. The Morgan fingerprint density at radius 2 is 1.64 bits per heavy atom. The highest BCUT2D eigenvalue weighted by molar-refractivity contribution is 5.97. The minimum absolute atomic E-state index is 0.163. The average Bonchev–Trinajstić information content (AvgIpc) is 3.21. The molecule has 0 radical (unpaired) electrons. The number of hydrogen-bond donors (Lipinski definition) is 2. The fourth-order valence-electron chi connectivity index (χ4n) is 7.02. The van der Waals surface area contributed by atoms with Crippen molar-refractivity contribution in [2.24, 2.45) is 23.2 Å². The highest BCUT2D eigenvalue weighted by Gasteiger charge is 2.54. The molecule has 0 spiro atoms. The molecule has 6 heteroatoms. The number of methoxy groups -OCH3 is 2. The molecule has 2 N–H and O–H groups in total. The number of aromatic amines is 1. The van der Waals surface area contributed by atoms with Crippen LogP contribution >= 0.6 is 0 Å². The molecule has 1 aromatic heterocycles. The van der Waals surface area contributed by atoms with Crippen molar-refractivity contribution in [3.63, 3.8) is 0 Å². The minimum atomic E-state index is -0.163. The van der Waals surface area contributed by atoms with E-state index < -0.39 is 0 Å². The number of benzene rings is 2. The van der Waals surface area contributed by atoms with Gasteiger partial charge in [-0.2, -0.15) is 0 Å². The lowest BCUT2D eigenvalue weighted by Crippen LogP contribution is -2.51. The highest BCUT2D eigenvalue weighted by atomic mass is 16.5. The molecule has 0 aliphatic heterocycles. The van der Waals surface area contributed by atoms with Gasteiger partial charge in [-0.05, 0) is 74.8 Å². The van der Waals surface area contributed by atoms with Crippen molar-refractivity contribution < 1.29 is 14.3 Å². The molecule has 2 aromatic carbocycles. The summed E-state index contributed by atoms with van der Waals surface area (Å²) in [6, 6.07) is 9.91. The molecule has 4 aliphatic carbocycles. The number of imidazole rings is 1. The van der Waals surface area contributed by atoms with E-state index in [1.165, 1.54) is 19.3 Å². The summed E-state index contributed by atoms with van der Waals surface area (Å²) in [5.41, 5.74) is 4.41. The Balaban J connectivity index is 1.30. The zero-order valence-electron chi connectivity index (χ0n) is 19.5. The zero-order valence-corrected chi connectivity index (χ0v) is 19.5. The van der Waals surface area contributed by atoms with Crippen molar-refractivity contribution in [3.8, 4) is 22.9 Å². The number of aromatic nitrogens is 2. The van der Waals surface area contributed by atoms with Crippen molar-refractivity contribution in [2.75, 3.05) is 19.5 Å². The van der Waals surface area contributed by atoms with E-state index in [0.29, 0.717) is 11.5 Å². The van der Waals surface area contributed by atoms with E-state index in [0.717, 1.165) is 70.7 Å². The largest absolute Gasteiger partial charge is 0.493 e. The SMILES string of the molecule is COc1cc2nc(-c3ccc(C)c(NC(=O)C45CC6CC(CC(C6)C4)C5)c3)[nH]c2cc1OC. The van der Waals surface area contributed by atoms with Gasteiger partial charge in [-0.1, -0.05) is 12.1 Å². The van der Waals surface area contributed by atoms with E-state index in [-0.39, 0.29) is 11.3 Å². The first-order valence-corrected chi connectivity index (χ1v) is 12.0. The van der Waals surface area contributed by atoms with Gasteiger partial charge in [0.25, 0.3) is 0 Å². The number of ether oxygens (including phenoxy) is 2. The van der Waals surface area contributed by atoms with Crippen LogP contribution in [0.4, 0.5) is 5.69 Å². The predicted octanol–water partition coefficient (Wildman–Crippen LogP) is 5.71. The van der Waals surface area contributed by atoms with Crippen molar-refractivity contribution in [2.45, 2.75) is 45.4 Å². The molecule has 33 heavy (non-hydrogen) atoms. The number of rotatable bonds is 5. The molecule has 4 saturated carbocycles. The van der Waals surface area contributed by atoms with Crippen molar-refractivity contribution >= 4 is 22.6 Å². The van der Waals surface area contributed by atoms with Crippen LogP contribution in [0.3, 0.4) is 0 Å².